The Labute approximate surface area is 170 Å². The number of hydrogen-bond acceptors (Lipinski definition) is 4. The molecule has 4 aromatic heterocycles. The fourth-order valence-electron chi connectivity index (χ4n) is 3.12. The van der Waals surface area contributed by atoms with Crippen LogP contribution in [0.1, 0.15) is 0 Å². The molecule has 0 saturated heterocycles. The molecule has 8 heteroatoms. The molecule has 0 radical (unpaired) electrons. The molecular formula is C20H24ClN5OS. The van der Waals surface area contributed by atoms with E-state index in [9.17, 15) is 0 Å². The number of aromatic nitrogens is 5. The van der Waals surface area contributed by atoms with Crippen molar-refractivity contribution in [3.05, 3.63) is 42.1 Å². The molecule has 0 bridgehead atoms. The number of nitrogens with zero attached hydrogens (tertiary/aromatic N) is 5. The van der Waals surface area contributed by atoms with Crippen LogP contribution in [0.2, 0.25) is 5.28 Å². The first-order valence-corrected chi connectivity index (χ1v) is 12.4. The van der Waals surface area contributed by atoms with Gasteiger partial charge in [0.15, 0.2) is 0 Å². The Hall–Kier alpha value is -2.09. The molecule has 0 fully saturated rings. The van der Waals surface area contributed by atoms with Crippen molar-refractivity contribution in [2.75, 3.05) is 31.1 Å². The van der Waals surface area contributed by atoms with Gasteiger partial charge < -0.3 is 13.9 Å². The van der Waals surface area contributed by atoms with E-state index in [4.69, 9.17) is 16.3 Å². The van der Waals surface area contributed by atoms with Crippen LogP contribution in [0.4, 0.5) is 0 Å². The summed E-state index contributed by atoms with van der Waals surface area (Å²) in [6, 6.07) is 6.14. The second kappa shape index (κ2) is 7.39. The van der Waals surface area contributed by atoms with Gasteiger partial charge in [0.05, 0.1) is 12.3 Å². The van der Waals surface area contributed by atoms with Crippen molar-refractivity contribution >= 4 is 43.7 Å². The number of pyridine rings is 1. The van der Waals surface area contributed by atoms with Crippen molar-refractivity contribution in [1.29, 1.82) is 0 Å². The summed E-state index contributed by atoms with van der Waals surface area (Å²) in [6.45, 7) is 1.18. The topological polar surface area (TPSA) is 57.8 Å². The zero-order valence-electron chi connectivity index (χ0n) is 16.5. The van der Waals surface area contributed by atoms with Crippen molar-refractivity contribution in [1.82, 2.24) is 24.1 Å². The smallest absolute Gasteiger partial charge is 0.224 e. The Kier molecular flexibility index (Phi) is 5.07. The molecule has 0 amide bonds. The summed E-state index contributed by atoms with van der Waals surface area (Å²) in [7, 11) is 1.42. The molecule has 0 aliphatic heterocycles. The average Bonchev–Trinajstić information content (AvgIpc) is 3.21. The van der Waals surface area contributed by atoms with E-state index in [1.807, 2.05) is 46.9 Å². The fraction of sp³-hybridized carbons (Fsp3) is 0.350. The molecule has 6 nitrogen and oxygen atoms in total. The summed E-state index contributed by atoms with van der Waals surface area (Å²) >= 11 is 6.25. The van der Waals surface area contributed by atoms with Gasteiger partial charge in [0.25, 0.3) is 0 Å². The molecule has 4 aromatic rings. The quantitative estimate of drug-likeness (QED) is 0.346. The Bertz CT molecular complexity index is 1140. The van der Waals surface area contributed by atoms with Crippen LogP contribution in [-0.2, 0) is 18.5 Å². The number of aryl methyl sites for hydroxylation is 1. The highest BCUT2D eigenvalue weighted by atomic mass is 35.5. The first-order valence-electron chi connectivity index (χ1n) is 8.99. The highest BCUT2D eigenvalue weighted by Crippen LogP contribution is 2.34. The van der Waals surface area contributed by atoms with Gasteiger partial charge in [-0.2, -0.15) is 4.98 Å². The molecular weight excluding hydrogens is 394 g/mol. The second-order valence-corrected chi connectivity index (χ2v) is 12.7. The lowest BCUT2D eigenvalue weighted by atomic mass is 10.1. The van der Waals surface area contributed by atoms with Crippen molar-refractivity contribution in [2.45, 2.75) is 6.73 Å². The van der Waals surface area contributed by atoms with Gasteiger partial charge in [0.1, 0.15) is 18.0 Å². The summed E-state index contributed by atoms with van der Waals surface area (Å²) in [5.41, 5.74) is 3.41. The first kappa shape index (κ1) is 19.2. The number of fused-ring (bicyclic) bond motifs is 2. The second-order valence-electron chi connectivity index (χ2n) is 7.76. The number of halogens is 1. The highest BCUT2D eigenvalue weighted by molar-refractivity contribution is 8.32. The van der Waals surface area contributed by atoms with Gasteiger partial charge in [-0.3, -0.25) is 0 Å². The molecule has 0 N–H and O–H groups in total. The lowest BCUT2D eigenvalue weighted by Gasteiger charge is -2.24. The fourth-order valence-corrected chi connectivity index (χ4v) is 3.90. The molecule has 148 valence electrons. The molecule has 0 unspecified atom stereocenters. The van der Waals surface area contributed by atoms with Crippen LogP contribution in [0.3, 0.4) is 0 Å². The van der Waals surface area contributed by atoms with Crippen molar-refractivity contribution in [3.8, 4) is 11.3 Å². The van der Waals surface area contributed by atoms with E-state index in [-0.39, 0.29) is 5.28 Å². The molecule has 0 atom stereocenters. The molecule has 0 aromatic carbocycles. The Balaban J connectivity index is 1.66. The van der Waals surface area contributed by atoms with E-state index < -0.39 is 10.0 Å². The van der Waals surface area contributed by atoms with E-state index in [1.165, 1.54) is 0 Å². The summed E-state index contributed by atoms with van der Waals surface area (Å²) in [6.07, 6.45) is 12.7. The third-order valence-corrected chi connectivity index (χ3v) is 6.20. The zero-order valence-corrected chi connectivity index (χ0v) is 18.1. The largest absolute Gasteiger partial charge is 0.360 e. The van der Waals surface area contributed by atoms with Crippen LogP contribution in [0.15, 0.2) is 36.8 Å². The molecule has 4 rings (SSSR count). The molecule has 28 heavy (non-hydrogen) atoms. The number of hydrogen-bond donors (Lipinski definition) is 0. The molecule has 0 aliphatic rings. The van der Waals surface area contributed by atoms with Crippen molar-refractivity contribution in [2.24, 2.45) is 7.05 Å². The molecule has 4 heterocycles. The maximum atomic E-state index is 6.25. The monoisotopic (exact) mass is 417 g/mol. The van der Waals surface area contributed by atoms with Crippen LogP contribution in [-0.4, -0.2) is 55.2 Å². The van der Waals surface area contributed by atoms with Crippen LogP contribution in [0, 0.1) is 0 Å². The van der Waals surface area contributed by atoms with Crippen LogP contribution >= 0.6 is 21.6 Å². The van der Waals surface area contributed by atoms with Gasteiger partial charge in [-0.1, -0.05) is 0 Å². The molecule has 0 saturated carbocycles. The average molecular weight is 418 g/mol. The number of rotatable bonds is 6. The molecule has 0 aliphatic carbocycles. The standard InChI is InChI=1S/C20H24ClN5OS/c1-25-7-5-14-11-15(12-22-18(14)25)17-16-6-8-26(19(16)24-20(21)23-17)13-27-9-10-28(2,3)4/h5-8,11-12H,9-10,13H2,1-4H3. The third kappa shape index (κ3) is 3.87. The Morgan fingerprint density at radius 3 is 2.71 bits per heavy atom. The van der Waals surface area contributed by atoms with Gasteiger partial charge >= 0.3 is 0 Å². The van der Waals surface area contributed by atoms with Gasteiger partial charge in [-0.05, 0) is 48.6 Å². The highest BCUT2D eigenvalue weighted by Gasteiger charge is 2.14. The summed E-state index contributed by atoms with van der Waals surface area (Å²) in [5.74, 6) is 1.08. The van der Waals surface area contributed by atoms with Crippen LogP contribution < -0.4 is 0 Å². The van der Waals surface area contributed by atoms with Crippen LogP contribution in [0.25, 0.3) is 33.3 Å². The SMILES string of the molecule is Cn1ccc2cc(-c3nc(Cl)nc4c3ccn4COCCS(C)(C)C)cnc21. The third-order valence-electron chi connectivity index (χ3n) is 4.64. The lowest BCUT2D eigenvalue weighted by Crippen LogP contribution is -2.09. The maximum absolute atomic E-state index is 6.25. The summed E-state index contributed by atoms with van der Waals surface area (Å²) < 4.78 is 9.84. The minimum Gasteiger partial charge on any atom is -0.360 e. The van der Waals surface area contributed by atoms with Crippen LogP contribution in [0.5, 0.6) is 0 Å². The van der Waals surface area contributed by atoms with Crippen molar-refractivity contribution < 1.29 is 4.74 Å². The summed E-state index contributed by atoms with van der Waals surface area (Å²) in [4.78, 5) is 13.5. The van der Waals surface area contributed by atoms with Gasteiger partial charge in [-0.15, -0.1) is 0 Å². The van der Waals surface area contributed by atoms with Gasteiger partial charge in [0.2, 0.25) is 5.28 Å². The van der Waals surface area contributed by atoms with E-state index in [0.717, 1.165) is 45.7 Å². The van der Waals surface area contributed by atoms with Gasteiger partial charge in [0, 0.05) is 47.7 Å². The first-order chi connectivity index (χ1) is 13.3. The van der Waals surface area contributed by atoms with E-state index >= 15 is 0 Å². The minimum absolute atomic E-state index is 0.217. The Morgan fingerprint density at radius 1 is 1.11 bits per heavy atom. The van der Waals surface area contributed by atoms with E-state index in [0.29, 0.717) is 6.73 Å². The molecule has 0 spiro atoms. The van der Waals surface area contributed by atoms with E-state index in [1.54, 1.807) is 0 Å². The predicted molar refractivity (Wildman–Crippen MR) is 118 cm³/mol. The normalized spacial score (nSPS) is 12.9. The Morgan fingerprint density at radius 2 is 1.93 bits per heavy atom. The van der Waals surface area contributed by atoms with Gasteiger partial charge in [-0.25, -0.2) is 20.0 Å². The number of ether oxygens (including phenoxy) is 1. The zero-order chi connectivity index (χ0) is 19.9. The van der Waals surface area contributed by atoms with Crippen molar-refractivity contribution in [3.63, 3.8) is 0 Å². The lowest BCUT2D eigenvalue weighted by molar-refractivity contribution is 0.0923. The minimum atomic E-state index is -0.563. The summed E-state index contributed by atoms with van der Waals surface area (Å²) in [5, 5.41) is 2.22. The van der Waals surface area contributed by atoms with E-state index in [2.05, 4.69) is 39.8 Å². The predicted octanol–water partition coefficient (Wildman–Crippen LogP) is 4.31. The maximum Gasteiger partial charge on any atom is 0.224 e.